The number of nitrogens with zero attached hydrogens (tertiary/aromatic N) is 2. The second-order valence-electron chi connectivity index (χ2n) is 9.62. The van der Waals surface area contributed by atoms with E-state index < -0.39 is 0 Å². The Hall–Kier alpha value is -1.36. The number of allylic oxidation sites excluding steroid dienone is 1. The molecule has 0 spiro atoms. The molecule has 4 rings (SSSR count). The van der Waals surface area contributed by atoms with Crippen LogP contribution in [0.2, 0.25) is 0 Å². The SMILES string of the molecule is CN(O)C(=O)C1=CC[C@H]2[C@@H]3CCC4N(C)C(=O)CC[C@]4(C)[C@H]3CC[C@]12C. The lowest BCUT2D eigenvalue weighted by atomic mass is 9.47. The van der Waals surface area contributed by atoms with Crippen LogP contribution in [0.25, 0.3) is 0 Å². The molecule has 1 unspecified atom stereocenters. The van der Waals surface area contributed by atoms with Crippen molar-refractivity contribution in [2.24, 2.45) is 28.6 Å². The number of amides is 2. The zero-order valence-corrected chi connectivity index (χ0v) is 16.5. The summed E-state index contributed by atoms with van der Waals surface area (Å²) in [5, 5.41) is 10.4. The molecule has 26 heavy (non-hydrogen) atoms. The first-order valence-electron chi connectivity index (χ1n) is 10.1. The van der Waals surface area contributed by atoms with Crippen LogP contribution >= 0.6 is 0 Å². The molecule has 0 radical (unpaired) electrons. The van der Waals surface area contributed by atoms with Gasteiger partial charge in [0.2, 0.25) is 5.91 Å². The van der Waals surface area contributed by atoms with E-state index >= 15 is 0 Å². The van der Waals surface area contributed by atoms with E-state index in [0.717, 1.165) is 49.2 Å². The maximum atomic E-state index is 12.5. The first-order chi connectivity index (χ1) is 12.2. The van der Waals surface area contributed by atoms with Crippen molar-refractivity contribution in [2.45, 2.75) is 64.8 Å². The molecule has 0 aromatic rings. The maximum Gasteiger partial charge on any atom is 0.273 e. The Morgan fingerprint density at radius 1 is 1.23 bits per heavy atom. The third kappa shape index (κ3) is 2.25. The fourth-order valence-electron chi connectivity index (χ4n) is 7.22. The van der Waals surface area contributed by atoms with Gasteiger partial charge in [-0.05, 0) is 61.7 Å². The molecule has 1 heterocycles. The van der Waals surface area contributed by atoms with E-state index in [1.807, 2.05) is 11.9 Å². The molecule has 0 bridgehead atoms. The summed E-state index contributed by atoms with van der Waals surface area (Å²) in [5.41, 5.74) is 0.900. The molecule has 6 atom stereocenters. The molecule has 5 nitrogen and oxygen atoms in total. The molecule has 5 heteroatoms. The van der Waals surface area contributed by atoms with Crippen molar-refractivity contribution in [3.8, 4) is 0 Å². The minimum absolute atomic E-state index is 0.116. The zero-order valence-electron chi connectivity index (χ0n) is 16.5. The second kappa shape index (κ2) is 5.82. The summed E-state index contributed by atoms with van der Waals surface area (Å²) < 4.78 is 0. The monoisotopic (exact) mass is 360 g/mol. The van der Waals surface area contributed by atoms with Crippen LogP contribution in [0.1, 0.15) is 58.8 Å². The van der Waals surface area contributed by atoms with Crippen LogP contribution in [-0.2, 0) is 9.59 Å². The predicted octanol–water partition coefficient (Wildman–Crippen LogP) is 3.23. The molecule has 1 aliphatic heterocycles. The minimum atomic E-state index is -0.239. The molecule has 1 saturated heterocycles. The van der Waals surface area contributed by atoms with Gasteiger partial charge in [0.25, 0.3) is 5.91 Å². The van der Waals surface area contributed by atoms with Gasteiger partial charge in [0, 0.05) is 37.5 Å². The Morgan fingerprint density at radius 3 is 2.65 bits per heavy atom. The molecule has 0 aromatic heterocycles. The number of carbonyl (C=O) groups is 2. The fraction of sp³-hybridized carbons (Fsp3) is 0.810. The van der Waals surface area contributed by atoms with Gasteiger partial charge in [0.15, 0.2) is 0 Å². The average Bonchev–Trinajstić information content (AvgIpc) is 2.95. The van der Waals surface area contributed by atoms with E-state index in [4.69, 9.17) is 0 Å². The lowest BCUT2D eigenvalue weighted by molar-refractivity contribution is -0.161. The average molecular weight is 360 g/mol. The number of likely N-dealkylation sites (tertiary alicyclic amines) is 1. The Balaban J connectivity index is 1.62. The first-order valence-corrected chi connectivity index (χ1v) is 10.1. The number of piperidine rings is 1. The molecule has 2 saturated carbocycles. The van der Waals surface area contributed by atoms with Gasteiger partial charge in [-0.2, -0.15) is 0 Å². The normalized spacial score (nSPS) is 44.7. The minimum Gasteiger partial charge on any atom is -0.342 e. The van der Waals surface area contributed by atoms with E-state index in [0.29, 0.717) is 36.1 Å². The highest BCUT2D eigenvalue weighted by molar-refractivity contribution is 5.94. The van der Waals surface area contributed by atoms with Gasteiger partial charge in [-0.3, -0.25) is 14.8 Å². The van der Waals surface area contributed by atoms with E-state index in [1.54, 1.807) is 0 Å². The van der Waals surface area contributed by atoms with Crippen molar-refractivity contribution in [3.63, 3.8) is 0 Å². The highest BCUT2D eigenvalue weighted by Crippen LogP contribution is 2.64. The summed E-state index contributed by atoms with van der Waals surface area (Å²) in [4.78, 5) is 26.7. The summed E-state index contributed by atoms with van der Waals surface area (Å²) in [6, 6.07) is 0.369. The molecule has 0 aromatic carbocycles. The first kappa shape index (κ1) is 18.0. The van der Waals surface area contributed by atoms with Crippen molar-refractivity contribution >= 4 is 11.8 Å². The van der Waals surface area contributed by atoms with Gasteiger partial charge >= 0.3 is 0 Å². The third-order valence-electron chi connectivity index (χ3n) is 8.66. The number of fused-ring (bicyclic) bond motifs is 5. The lowest BCUT2D eigenvalue weighted by Gasteiger charge is -2.61. The second-order valence-corrected chi connectivity index (χ2v) is 9.62. The van der Waals surface area contributed by atoms with Gasteiger partial charge in [-0.1, -0.05) is 19.9 Å². The van der Waals surface area contributed by atoms with Crippen LogP contribution < -0.4 is 0 Å². The van der Waals surface area contributed by atoms with Crippen LogP contribution in [0.4, 0.5) is 0 Å². The van der Waals surface area contributed by atoms with Crippen LogP contribution in [-0.4, -0.2) is 47.1 Å². The molecule has 144 valence electrons. The molecular weight excluding hydrogens is 328 g/mol. The number of likely N-dealkylation sites (N-methyl/N-ethyl adjacent to an activating group) is 1. The quantitative estimate of drug-likeness (QED) is 0.577. The number of hydrogen-bond acceptors (Lipinski definition) is 3. The zero-order chi connectivity index (χ0) is 18.9. The van der Waals surface area contributed by atoms with Crippen molar-refractivity contribution in [2.75, 3.05) is 14.1 Å². The van der Waals surface area contributed by atoms with E-state index in [1.165, 1.54) is 7.05 Å². The Kier molecular flexibility index (Phi) is 4.03. The van der Waals surface area contributed by atoms with E-state index in [9.17, 15) is 14.8 Å². The van der Waals surface area contributed by atoms with Crippen molar-refractivity contribution < 1.29 is 14.8 Å². The summed E-state index contributed by atoms with van der Waals surface area (Å²) in [5.74, 6) is 1.79. The van der Waals surface area contributed by atoms with Crippen molar-refractivity contribution in [1.29, 1.82) is 0 Å². The molecule has 4 aliphatic rings. The number of carbonyl (C=O) groups excluding carboxylic acids is 2. The predicted molar refractivity (Wildman–Crippen MR) is 98.2 cm³/mol. The van der Waals surface area contributed by atoms with Crippen molar-refractivity contribution in [3.05, 3.63) is 11.6 Å². The molecular formula is C21H32N2O3. The number of hydroxylamine groups is 2. The lowest BCUT2D eigenvalue weighted by Crippen LogP contribution is -2.61. The van der Waals surface area contributed by atoms with Gasteiger partial charge < -0.3 is 4.90 Å². The summed E-state index contributed by atoms with van der Waals surface area (Å²) >= 11 is 0. The smallest absolute Gasteiger partial charge is 0.273 e. The summed E-state index contributed by atoms with van der Waals surface area (Å²) in [6.07, 6.45) is 9.06. The Morgan fingerprint density at radius 2 is 1.96 bits per heavy atom. The van der Waals surface area contributed by atoms with Crippen LogP contribution in [0.5, 0.6) is 0 Å². The standard InChI is InChI=1S/C21H32N2O3/c1-20-11-9-15-13(14(20)6-7-16(20)19(25)23(4)26)5-8-17-21(15,2)12-10-18(24)22(17)3/h7,13-15,17,26H,5-6,8-12H2,1-4H3/t13-,14-,15-,17?,20-,21+/m0/s1. The Labute approximate surface area is 156 Å². The van der Waals surface area contributed by atoms with Gasteiger partial charge in [0.1, 0.15) is 0 Å². The molecule has 3 fully saturated rings. The molecule has 1 N–H and O–H groups in total. The highest BCUT2D eigenvalue weighted by Gasteiger charge is 2.60. The van der Waals surface area contributed by atoms with Gasteiger partial charge in [-0.15, -0.1) is 0 Å². The highest BCUT2D eigenvalue weighted by atomic mass is 16.5. The fourth-order valence-corrected chi connectivity index (χ4v) is 7.22. The van der Waals surface area contributed by atoms with Crippen LogP contribution in [0.3, 0.4) is 0 Å². The van der Waals surface area contributed by atoms with Crippen molar-refractivity contribution in [1.82, 2.24) is 9.96 Å². The van der Waals surface area contributed by atoms with Crippen LogP contribution in [0.15, 0.2) is 11.6 Å². The van der Waals surface area contributed by atoms with Gasteiger partial charge in [0.05, 0.1) is 0 Å². The summed E-state index contributed by atoms with van der Waals surface area (Å²) in [7, 11) is 3.41. The molecule has 2 amide bonds. The molecule has 3 aliphatic carbocycles. The number of hydrogen-bond donors (Lipinski definition) is 1. The maximum absolute atomic E-state index is 12.5. The number of rotatable bonds is 1. The Bertz CT molecular complexity index is 672. The third-order valence-corrected chi connectivity index (χ3v) is 8.66. The topological polar surface area (TPSA) is 60.9 Å². The van der Waals surface area contributed by atoms with E-state index in [2.05, 4.69) is 19.9 Å². The summed E-state index contributed by atoms with van der Waals surface area (Å²) in [6.45, 7) is 4.65. The largest absolute Gasteiger partial charge is 0.342 e. The van der Waals surface area contributed by atoms with Crippen LogP contribution in [0, 0.1) is 28.6 Å². The van der Waals surface area contributed by atoms with Gasteiger partial charge in [-0.25, -0.2) is 5.06 Å². The van der Waals surface area contributed by atoms with E-state index in [-0.39, 0.29) is 16.7 Å².